The molecule has 0 fully saturated rings. The van der Waals surface area contributed by atoms with E-state index in [2.05, 4.69) is 6.92 Å². The lowest BCUT2D eigenvalue weighted by Gasteiger charge is -2.07. The Morgan fingerprint density at radius 3 is 2.72 bits per heavy atom. The van der Waals surface area contributed by atoms with Crippen LogP contribution in [0.2, 0.25) is 0 Å². The molecule has 1 N–H and O–H groups in total. The van der Waals surface area contributed by atoms with Crippen LogP contribution in [0.25, 0.3) is 0 Å². The van der Waals surface area contributed by atoms with Gasteiger partial charge in [0.05, 0.1) is 13.0 Å². The first-order chi connectivity index (χ1) is 8.72. The van der Waals surface area contributed by atoms with Crippen LogP contribution >= 0.6 is 0 Å². The van der Waals surface area contributed by atoms with E-state index in [0.717, 1.165) is 17.7 Å². The highest BCUT2D eigenvalue weighted by atomic mass is 16.5. The van der Waals surface area contributed by atoms with E-state index in [-0.39, 0.29) is 6.42 Å². The maximum absolute atomic E-state index is 10.6. The molecule has 0 bridgehead atoms. The normalized spacial score (nSPS) is 10.3. The zero-order chi connectivity index (χ0) is 13.2. The highest BCUT2D eigenvalue weighted by molar-refractivity contribution is 5.70. The summed E-state index contributed by atoms with van der Waals surface area (Å²) in [6.45, 7) is 2.91. The van der Waals surface area contributed by atoms with E-state index >= 15 is 0 Å². The highest BCUT2D eigenvalue weighted by Gasteiger charge is 2.01. The molecule has 100 valence electrons. The molecule has 1 rings (SSSR count). The number of carboxylic acid groups (broad SMARTS) is 1. The number of rotatable bonds is 9. The molecule has 0 heterocycles. The third-order valence-corrected chi connectivity index (χ3v) is 2.77. The predicted molar refractivity (Wildman–Crippen MR) is 72.0 cm³/mol. The summed E-state index contributed by atoms with van der Waals surface area (Å²) in [6, 6.07) is 7.32. The molecule has 0 aromatic heterocycles. The van der Waals surface area contributed by atoms with Gasteiger partial charge < -0.3 is 9.84 Å². The minimum Gasteiger partial charge on any atom is -0.494 e. The summed E-state index contributed by atoms with van der Waals surface area (Å²) in [5.41, 5.74) is 0.783. The summed E-state index contributed by atoms with van der Waals surface area (Å²) in [5.74, 6) is -0.0454. The summed E-state index contributed by atoms with van der Waals surface area (Å²) in [4.78, 5) is 10.6. The molecule has 0 aliphatic rings. The Labute approximate surface area is 109 Å². The van der Waals surface area contributed by atoms with E-state index in [0.29, 0.717) is 6.61 Å². The highest BCUT2D eigenvalue weighted by Crippen LogP contribution is 2.14. The van der Waals surface area contributed by atoms with Gasteiger partial charge in [0.15, 0.2) is 0 Å². The summed E-state index contributed by atoms with van der Waals surface area (Å²) in [7, 11) is 0. The molecule has 18 heavy (non-hydrogen) atoms. The standard InChI is InChI=1S/C15H22O3/c1-2-3-4-5-6-10-18-14-9-7-8-13(11-14)12-15(16)17/h7-9,11H,2-6,10,12H2,1H3,(H,16,17). The van der Waals surface area contributed by atoms with Crippen LogP contribution in [0.4, 0.5) is 0 Å². The molecule has 0 saturated heterocycles. The predicted octanol–water partition coefficient (Wildman–Crippen LogP) is 3.66. The Kier molecular flexibility index (Phi) is 6.92. The molecule has 3 heteroatoms. The van der Waals surface area contributed by atoms with Gasteiger partial charge in [-0.05, 0) is 24.1 Å². The van der Waals surface area contributed by atoms with Crippen molar-refractivity contribution in [3.05, 3.63) is 29.8 Å². The van der Waals surface area contributed by atoms with Gasteiger partial charge in [-0.25, -0.2) is 0 Å². The van der Waals surface area contributed by atoms with E-state index in [9.17, 15) is 4.79 Å². The lowest BCUT2D eigenvalue weighted by Crippen LogP contribution is -2.01. The third-order valence-electron chi connectivity index (χ3n) is 2.77. The number of hydrogen-bond donors (Lipinski definition) is 1. The molecule has 0 radical (unpaired) electrons. The van der Waals surface area contributed by atoms with E-state index in [1.165, 1.54) is 25.7 Å². The topological polar surface area (TPSA) is 46.5 Å². The molecule has 1 aromatic rings. The monoisotopic (exact) mass is 250 g/mol. The summed E-state index contributed by atoms with van der Waals surface area (Å²) < 4.78 is 5.62. The van der Waals surface area contributed by atoms with Crippen molar-refractivity contribution in [1.29, 1.82) is 0 Å². The van der Waals surface area contributed by atoms with Crippen molar-refractivity contribution in [2.45, 2.75) is 45.4 Å². The first-order valence-corrected chi connectivity index (χ1v) is 6.66. The molecule has 0 aliphatic carbocycles. The maximum Gasteiger partial charge on any atom is 0.307 e. The van der Waals surface area contributed by atoms with Gasteiger partial charge in [0.25, 0.3) is 0 Å². The van der Waals surface area contributed by atoms with E-state index in [4.69, 9.17) is 9.84 Å². The van der Waals surface area contributed by atoms with Crippen LogP contribution in [0.15, 0.2) is 24.3 Å². The molecular weight excluding hydrogens is 228 g/mol. The number of benzene rings is 1. The Morgan fingerprint density at radius 1 is 1.22 bits per heavy atom. The number of carbonyl (C=O) groups is 1. The Morgan fingerprint density at radius 2 is 2.00 bits per heavy atom. The summed E-state index contributed by atoms with van der Waals surface area (Å²) >= 11 is 0. The maximum atomic E-state index is 10.6. The minimum absolute atomic E-state index is 0.0493. The van der Waals surface area contributed by atoms with Crippen molar-refractivity contribution in [2.75, 3.05) is 6.61 Å². The largest absolute Gasteiger partial charge is 0.494 e. The second kappa shape index (κ2) is 8.56. The first kappa shape index (κ1) is 14.6. The zero-order valence-electron chi connectivity index (χ0n) is 11.0. The Balaban J connectivity index is 2.27. The molecular formula is C15H22O3. The minimum atomic E-state index is -0.813. The number of ether oxygens (including phenoxy) is 1. The van der Waals surface area contributed by atoms with E-state index in [1.807, 2.05) is 18.2 Å². The lowest BCUT2D eigenvalue weighted by molar-refractivity contribution is -0.136. The van der Waals surface area contributed by atoms with Crippen molar-refractivity contribution in [2.24, 2.45) is 0 Å². The van der Waals surface area contributed by atoms with E-state index < -0.39 is 5.97 Å². The smallest absolute Gasteiger partial charge is 0.307 e. The van der Waals surface area contributed by atoms with Crippen LogP contribution in [-0.4, -0.2) is 17.7 Å². The van der Waals surface area contributed by atoms with E-state index in [1.54, 1.807) is 6.07 Å². The van der Waals surface area contributed by atoms with Crippen LogP contribution in [0.5, 0.6) is 5.75 Å². The van der Waals surface area contributed by atoms with Gasteiger partial charge in [0.2, 0.25) is 0 Å². The molecule has 0 spiro atoms. The second-order valence-electron chi connectivity index (χ2n) is 4.48. The first-order valence-electron chi connectivity index (χ1n) is 6.66. The molecule has 0 atom stereocenters. The Bertz CT molecular complexity index is 361. The summed E-state index contributed by atoms with van der Waals surface area (Å²) in [5, 5.41) is 8.71. The van der Waals surface area contributed by atoms with Crippen LogP contribution < -0.4 is 4.74 Å². The number of aliphatic carboxylic acids is 1. The fourth-order valence-electron chi connectivity index (χ4n) is 1.82. The third kappa shape index (κ3) is 6.28. The number of hydrogen-bond acceptors (Lipinski definition) is 2. The zero-order valence-corrected chi connectivity index (χ0v) is 11.0. The van der Waals surface area contributed by atoms with Crippen molar-refractivity contribution in [1.82, 2.24) is 0 Å². The van der Waals surface area contributed by atoms with Crippen molar-refractivity contribution < 1.29 is 14.6 Å². The molecule has 3 nitrogen and oxygen atoms in total. The van der Waals surface area contributed by atoms with Crippen LogP contribution in [-0.2, 0) is 11.2 Å². The van der Waals surface area contributed by atoms with Crippen molar-refractivity contribution >= 4 is 5.97 Å². The quantitative estimate of drug-likeness (QED) is 0.680. The summed E-state index contributed by atoms with van der Waals surface area (Å²) in [6.07, 6.45) is 6.10. The molecule has 0 saturated carbocycles. The molecule has 1 aromatic carbocycles. The fraction of sp³-hybridized carbons (Fsp3) is 0.533. The average Bonchev–Trinajstić information content (AvgIpc) is 2.33. The fourth-order valence-corrected chi connectivity index (χ4v) is 1.82. The molecule has 0 aliphatic heterocycles. The van der Waals surface area contributed by atoms with Gasteiger partial charge in [0.1, 0.15) is 5.75 Å². The Hall–Kier alpha value is -1.51. The van der Waals surface area contributed by atoms with Crippen molar-refractivity contribution in [3.8, 4) is 5.75 Å². The second-order valence-corrected chi connectivity index (χ2v) is 4.48. The van der Waals surface area contributed by atoms with Crippen LogP contribution in [0.3, 0.4) is 0 Å². The lowest BCUT2D eigenvalue weighted by atomic mass is 10.1. The van der Waals surface area contributed by atoms with Gasteiger partial charge >= 0.3 is 5.97 Å². The van der Waals surface area contributed by atoms with Crippen LogP contribution in [0, 0.1) is 0 Å². The van der Waals surface area contributed by atoms with Gasteiger partial charge in [0, 0.05) is 0 Å². The molecule has 0 unspecified atom stereocenters. The number of carboxylic acids is 1. The molecule has 0 amide bonds. The van der Waals surface area contributed by atoms with Crippen LogP contribution in [0.1, 0.15) is 44.6 Å². The van der Waals surface area contributed by atoms with Gasteiger partial charge in [-0.2, -0.15) is 0 Å². The van der Waals surface area contributed by atoms with Gasteiger partial charge in [-0.15, -0.1) is 0 Å². The number of unbranched alkanes of at least 4 members (excludes halogenated alkanes) is 4. The average molecular weight is 250 g/mol. The SMILES string of the molecule is CCCCCCCOc1cccc(CC(=O)O)c1. The van der Waals surface area contributed by atoms with Crippen molar-refractivity contribution in [3.63, 3.8) is 0 Å². The van der Waals surface area contributed by atoms with Gasteiger partial charge in [-0.3, -0.25) is 4.79 Å². The van der Waals surface area contributed by atoms with Gasteiger partial charge in [-0.1, -0.05) is 44.7 Å².